The Morgan fingerprint density at radius 3 is 2.56 bits per heavy atom. The van der Waals surface area contributed by atoms with E-state index in [-0.39, 0.29) is 11.7 Å². The number of aromatic nitrogens is 1. The molecule has 34 heavy (non-hydrogen) atoms. The summed E-state index contributed by atoms with van der Waals surface area (Å²) in [7, 11) is 0. The van der Waals surface area contributed by atoms with Crippen LogP contribution in [0.4, 0.5) is 0 Å². The topological polar surface area (TPSA) is 87.0 Å². The molecule has 2 heterocycles. The van der Waals surface area contributed by atoms with Crippen molar-refractivity contribution < 1.29 is 24.0 Å². The summed E-state index contributed by atoms with van der Waals surface area (Å²) in [4.78, 5) is 41.9. The number of ether oxygens (including phenoxy) is 1. The summed E-state index contributed by atoms with van der Waals surface area (Å²) in [6, 6.07) is 14.7. The number of hydrogen-bond donors (Lipinski definition) is 0. The number of Topliss-reactive ketones (excluding diaryl/α,β-unsaturated/α-hetero) is 1. The average Bonchev–Trinajstić information content (AvgIpc) is 3.30. The molecule has 7 nitrogen and oxygen atoms in total. The summed E-state index contributed by atoms with van der Waals surface area (Å²) in [5.74, 6) is -1.17. The third kappa shape index (κ3) is 3.42. The molecule has 5 rings (SSSR count). The largest absolute Gasteiger partial charge is 0.432 e. The lowest BCUT2D eigenvalue weighted by Gasteiger charge is -2.07. The zero-order valence-corrected chi connectivity index (χ0v) is 20.2. The van der Waals surface area contributed by atoms with Crippen molar-refractivity contribution in [1.82, 2.24) is 4.57 Å². The Morgan fingerprint density at radius 2 is 1.85 bits per heavy atom. The van der Waals surface area contributed by atoms with E-state index in [1.807, 2.05) is 50.2 Å². The smallest absolute Gasteiger partial charge is 0.332 e. The first-order valence-corrected chi connectivity index (χ1v) is 11.5. The first kappa shape index (κ1) is 22.0. The highest BCUT2D eigenvalue weighted by Crippen LogP contribution is 2.41. The van der Waals surface area contributed by atoms with Crippen LogP contribution in [0.15, 0.2) is 58.2 Å². The van der Waals surface area contributed by atoms with Crippen LogP contribution in [0.5, 0.6) is 5.75 Å². The number of hydrogen-bond acceptors (Lipinski definition) is 6. The lowest BCUT2D eigenvalue weighted by Crippen LogP contribution is -2.13. The van der Waals surface area contributed by atoms with Crippen LogP contribution in [0.3, 0.4) is 0 Å². The molecule has 0 bridgehead atoms. The van der Waals surface area contributed by atoms with E-state index in [2.05, 4.69) is 30.5 Å². The van der Waals surface area contributed by atoms with Crippen molar-refractivity contribution in [2.24, 2.45) is 5.16 Å². The molecule has 1 aliphatic rings. The van der Waals surface area contributed by atoms with Crippen LogP contribution in [0.2, 0.25) is 0 Å². The lowest BCUT2D eigenvalue weighted by atomic mass is 9.97. The number of fused-ring (bicyclic) bond motifs is 5. The van der Waals surface area contributed by atoms with Gasteiger partial charge in [-0.25, -0.2) is 4.79 Å². The van der Waals surface area contributed by atoms with Gasteiger partial charge in [0.2, 0.25) is 0 Å². The maximum absolute atomic E-state index is 13.3. The van der Waals surface area contributed by atoms with Crippen molar-refractivity contribution in [3.63, 3.8) is 0 Å². The fourth-order valence-electron chi connectivity index (χ4n) is 4.39. The molecule has 0 saturated carbocycles. The summed E-state index contributed by atoms with van der Waals surface area (Å²) in [6.07, 6.45) is 0. The van der Waals surface area contributed by atoms with Crippen LogP contribution >= 0.6 is 15.9 Å². The molecule has 0 radical (unpaired) electrons. The zero-order chi connectivity index (χ0) is 24.1. The monoisotopic (exact) mass is 518 g/mol. The van der Waals surface area contributed by atoms with Gasteiger partial charge in [-0.05, 0) is 73.1 Å². The minimum atomic E-state index is -0.654. The number of aryl methyl sites for hydroxylation is 2. The molecule has 8 heteroatoms. The Balaban J connectivity index is 1.71. The van der Waals surface area contributed by atoms with E-state index in [1.54, 1.807) is 12.1 Å². The summed E-state index contributed by atoms with van der Waals surface area (Å²) in [6.45, 7) is 5.79. The van der Waals surface area contributed by atoms with Crippen molar-refractivity contribution >= 4 is 61.2 Å². The van der Waals surface area contributed by atoms with Crippen molar-refractivity contribution in [3.05, 3.63) is 75.3 Å². The Labute approximate surface area is 203 Å². The highest BCUT2D eigenvalue weighted by molar-refractivity contribution is 9.10. The molecule has 1 aliphatic heterocycles. The van der Waals surface area contributed by atoms with Gasteiger partial charge in [0.15, 0.2) is 11.5 Å². The molecule has 0 fully saturated rings. The number of carbonyl (C=O) groups excluding carboxylic acids is 3. The van der Waals surface area contributed by atoms with Crippen LogP contribution in [-0.4, -0.2) is 28.0 Å². The van der Waals surface area contributed by atoms with Gasteiger partial charge in [-0.2, -0.15) is 0 Å². The molecule has 0 aliphatic carbocycles. The highest BCUT2D eigenvalue weighted by atomic mass is 79.9. The van der Waals surface area contributed by atoms with Gasteiger partial charge in [0.25, 0.3) is 5.78 Å². The molecule has 0 spiro atoms. The standard InChI is InChI=1S/C26H19BrN2O5/c1-4-29-20-9-5-15(23(31)17-7-6-16(27)11-13(17)2)12-19(20)22-21(29)10-8-18-24(32)26(33-25(18)22)28-34-14(3)30/h5-12H,4H2,1-3H3. The molecule has 0 amide bonds. The van der Waals surface area contributed by atoms with Crippen LogP contribution in [0.25, 0.3) is 21.8 Å². The number of oxime groups is 1. The van der Waals surface area contributed by atoms with Crippen molar-refractivity contribution in [3.8, 4) is 5.75 Å². The van der Waals surface area contributed by atoms with Gasteiger partial charge >= 0.3 is 11.9 Å². The number of carbonyl (C=O) groups is 3. The van der Waals surface area contributed by atoms with Crippen LogP contribution < -0.4 is 4.74 Å². The second kappa shape index (κ2) is 8.22. The van der Waals surface area contributed by atoms with Gasteiger partial charge in [-0.3, -0.25) is 9.59 Å². The van der Waals surface area contributed by atoms with Gasteiger partial charge in [0.05, 0.1) is 16.5 Å². The molecule has 0 N–H and O–H groups in total. The van der Waals surface area contributed by atoms with Crippen LogP contribution in [0.1, 0.15) is 45.7 Å². The Kier molecular flexibility index (Phi) is 5.32. The Morgan fingerprint density at radius 1 is 1.09 bits per heavy atom. The van der Waals surface area contributed by atoms with E-state index < -0.39 is 11.8 Å². The maximum atomic E-state index is 13.3. The van der Waals surface area contributed by atoms with Gasteiger partial charge in [-0.1, -0.05) is 15.9 Å². The van der Waals surface area contributed by atoms with Crippen molar-refractivity contribution in [2.45, 2.75) is 27.3 Å². The number of benzene rings is 3. The molecule has 4 aromatic rings. The quantitative estimate of drug-likeness (QED) is 0.200. The van der Waals surface area contributed by atoms with Crippen molar-refractivity contribution in [1.29, 1.82) is 0 Å². The Bertz CT molecular complexity index is 1580. The van der Waals surface area contributed by atoms with Crippen LogP contribution in [-0.2, 0) is 16.2 Å². The molecule has 0 saturated heterocycles. The predicted octanol–water partition coefficient (Wildman–Crippen LogP) is 5.57. The predicted molar refractivity (Wildman–Crippen MR) is 132 cm³/mol. The van der Waals surface area contributed by atoms with E-state index in [0.29, 0.717) is 34.4 Å². The van der Waals surface area contributed by atoms with Gasteiger partial charge < -0.3 is 14.1 Å². The summed E-state index contributed by atoms with van der Waals surface area (Å²) in [5.41, 5.74) is 4.13. The summed E-state index contributed by atoms with van der Waals surface area (Å²) in [5, 5.41) is 5.06. The highest BCUT2D eigenvalue weighted by Gasteiger charge is 2.33. The molecule has 3 aromatic carbocycles. The van der Waals surface area contributed by atoms with Gasteiger partial charge in [0.1, 0.15) is 0 Å². The molecule has 170 valence electrons. The van der Waals surface area contributed by atoms with E-state index in [1.165, 1.54) is 6.92 Å². The Hall–Kier alpha value is -3.78. The van der Waals surface area contributed by atoms with Gasteiger partial charge in [-0.15, -0.1) is 0 Å². The average molecular weight is 519 g/mol. The zero-order valence-electron chi connectivity index (χ0n) is 18.6. The fraction of sp³-hybridized carbons (Fsp3) is 0.154. The number of rotatable bonds is 4. The number of halogens is 1. The summed E-state index contributed by atoms with van der Waals surface area (Å²) < 4.78 is 8.79. The van der Waals surface area contributed by atoms with E-state index in [9.17, 15) is 14.4 Å². The fourth-order valence-corrected chi connectivity index (χ4v) is 4.86. The first-order chi connectivity index (χ1) is 16.3. The molecular formula is C26H19BrN2O5. The van der Waals surface area contributed by atoms with E-state index >= 15 is 0 Å². The molecule has 0 unspecified atom stereocenters. The number of ketones is 2. The van der Waals surface area contributed by atoms with Gasteiger partial charge in [0, 0.05) is 40.0 Å². The van der Waals surface area contributed by atoms with E-state index in [4.69, 9.17) is 4.74 Å². The second-order valence-corrected chi connectivity index (χ2v) is 8.93. The third-order valence-electron chi connectivity index (χ3n) is 5.89. The number of nitrogens with zero attached hydrogens (tertiary/aromatic N) is 2. The normalized spacial score (nSPS) is 14.0. The second-order valence-electron chi connectivity index (χ2n) is 8.01. The van der Waals surface area contributed by atoms with E-state index in [0.717, 1.165) is 26.5 Å². The minimum absolute atomic E-state index is 0.0917. The minimum Gasteiger partial charge on any atom is -0.432 e. The molecular weight excluding hydrogens is 500 g/mol. The summed E-state index contributed by atoms with van der Waals surface area (Å²) >= 11 is 3.44. The molecule has 1 aromatic heterocycles. The SMILES string of the molecule is CCn1c2ccc(C(=O)c3ccc(Br)cc3C)cc2c2c3c(ccc21)C(=O)C(=NOC(C)=O)O3. The van der Waals surface area contributed by atoms with Crippen molar-refractivity contribution in [2.75, 3.05) is 0 Å². The first-order valence-electron chi connectivity index (χ1n) is 10.7. The third-order valence-corrected chi connectivity index (χ3v) is 6.38. The lowest BCUT2D eigenvalue weighted by molar-refractivity contribution is -0.141. The van der Waals surface area contributed by atoms with Crippen LogP contribution in [0, 0.1) is 6.92 Å². The molecule has 0 atom stereocenters. The maximum Gasteiger partial charge on any atom is 0.332 e.